The second kappa shape index (κ2) is 7.96. The second-order valence-electron chi connectivity index (χ2n) is 6.99. The molecule has 0 radical (unpaired) electrons. The number of benzene rings is 1. The van der Waals surface area contributed by atoms with E-state index >= 15 is 0 Å². The Labute approximate surface area is 168 Å². The second-order valence-corrected chi connectivity index (χ2v) is 10.0. The summed E-state index contributed by atoms with van der Waals surface area (Å²) in [7, 11) is -8.19. The number of aromatic hydroxyl groups is 1. The number of carbonyl (C=O) groups excluding carboxylic acids is 1. The summed E-state index contributed by atoms with van der Waals surface area (Å²) < 4.78 is 58.6. The Balaban J connectivity index is 1.97. The zero-order valence-electron chi connectivity index (χ0n) is 15.8. The number of anilines is 1. The number of carbonyl (C=O) groups is 1. The van der Waals surface area contributed by atoms with Crippen molar-refractivity contribution in [3.8, 4) is 5.75 Å². The molecule has 14 heteroatoms. The van der Waals surface area contributed by atoms with E-state index in [2.05, 4.69) is 4.72 Å². The van der Waals surface area contributed by atoms with Crippen LogP contribution >= 0.6 is 0 Å². The first-order valence-corrected chi connectivity index (χ1v) is 11.2. The van der Waals surface area contributed by atoms with Gasteiger partial charge in [-0.3, -0.25) is 0 Å². The van der Waals surface area contributed by atoms with E-state index in [1.807, 2.05) is 4.72 Å². The van der Waals surface area contributed by atoms with Crippen LogP contribution in [0.3, 0.4) is 0 Å². The van der Waals surface area contributed by atoms with Crippen molar-refractivity contribution in [3.05, 3.63) is 35.8 Å². The van der Waals surface area contributed by atoms with Gasteiger partial charge in [-0.1, -0.05) is 6.07 Å². The van der Waals surface area contributed by atoms with Crippen LogP contribution in [0, 0.1) is 0 Å². The molecule has 0 saturated heterocycles. The van der Waals surface area contributed by atoms with E-state index in [0.29, 0.717) is 9.87 Å². The molecule has 0 aliphatic carbocycles. The summed E-state index contributed by atoms with van der Waals surface area (Å²) in [5.74, 6) is -0.992. The van der Waals surface area contributed by atoms with Crippen molar-refractivity contribution in [1.82, 2.24) is 14.2 Å². The molecule has 0 aromatic heterocycles. The summed E-state index contributed by atoms with van der Waals surface area (Å²) in [4.78, 5) is 11.5. The Kier molecular flexibility index (Phi) is 6.20. The SMILES string of the molecule is CC(C)(C)OC(=O)NS(=O)(=O)NCCc1ccc(N2C=C(O)NS2(=O)=O)c(O)c1. The normalized spacial score (nSPS) is 16.1. The van der Waals surface area contributed by atoms with Crippen LogP contribution in [0.15, 0.2) is 30.3 Å². The molecule has 5 N–H and O–H groups in total. The number of nitrogens with one attached hydrogen (secondary N) is 3. The number of hydrogen-bond donors (Lipinski definition) is 5. The molecule has 2 rings (SSSR count). The fraction of sp³-hybridized carbons (Fsp3) is 0.400. The Morgan fingerprint density at radius 3 is 2.45 bits per heavy atom. The van der Waals surface area contributed by atoms with E-state index in [4.69, 9.17) is 4.74 Å². The molecular weight excluding hydrogens is 428 g/mol. The van der Waals surface area contributed by atoms with Crippen molar-refractivity contribution >= 4 is 32.2 Å². The van der Waals surface area contributed by atoms with Gasteiger partial charge in [0.1, 0.15) is 17.0 Å². The summed E-state index contributed by atoms with van der Waals surface area (Å²) in [6.07, 6.45) is -0.0980. The lowest BCUT2D eigenvalue weighted by molar-refractivity contribution is 0.0569. The molecular formula is C15H22N4O8S2. The lowest BCUT2D eigenvalue weighted by atomic mass is 10.1. The highest BCUT2D eigenvalue weighted by molar-refractivity contribution is 7.91. The molecule has 0 atom stereocenters. The topological polar surface area (TPSA) is 174 Å². The minimum absolute atomic E-state index is 0.0996. The monoisotopic (exact) mass is 450 g/mol. The summed E-state index contributed by atoms with van der Waals surface area (Å²) in [6, 6.07) is 4.03. The number of phenols is 1. The highest BCUT2D eigenvalue weighted by Gasteiger charge is 2.30. The number of aliphatic hydroxyl groups is 1. The number of nitrogens with zero attached hydrogens (tertiary/aromatic N) is 1. The molecule has 1 amide bonds. The number of hydrogen-bond acceptors (Lipinski definition) is 8. The van der Waals surface area contributed by atoms with Gasteiger partial charge in [0.05, 0.1) is 6.20 Å². The average molecular weight is 450 g/mol. The molecule has 1 aromatic rings. The van der Waals surface area contributed by atoms with E-state index < -0.39 is 43.7 Å². The smallest absolute Gasteiger partial charge is 0.422 e. The van der Waals surface area contributed by atoms with Crippen molar-refractivity contribution in [2.45, 2.75) is 32.8 Å². The molecule has 0 spiro atoms. The Morgan fingerprint density at radius 2 is 1.93 bits per heavy atom. The minimum atomic E-state index is -4.14. The van der Waals surface area contributed by atoms with Gasteiger partial charge in [0, 0.05) is 6.54 Å². The minimum Gasteiger partial charge on any atom is -0.506 e. The van der Waals surface area contributed by atoms with E-state index in [9.17, 15) is 31.8 Å². The van der Waals surface area contributed by atoms with Gasteiger partial charge < -0.3 is 14.9 Å². The fourth-order valence-corrected chi connectivity index (χ4v) is 4.04. The predicted molar refractivity (Wildman–Crippen MR) is 103 cm³/mol. The summed E-state index contributed by atoms with van der Waals surface area (Å²) in [5, 5.41) is 19.4. The van der Waals surface area contributed by atoms with Gasteiger partial charge in [0.25, 0.3) is 0 Å². The summed E-state index contributed by atoms with van der Waals surface area (Å²) in [5.41, 5.74) is -0.468. The fourth-order valence-electron chi connectivity index (χ4n) is 2.27. The molecule has 1 aromatic carbocycles. The first kappa shape index (κ1) is 22.6. The lowest BCUT2D eigenvalue weighted by Gasteiger charge is -2.19. The number of aliphatic hydroxyl groups excluding tert-OH is 1. The molecule has 1 heterocycles. The Bertz CT molecular complexity index is 1030. The molecule has 1 aliphatic heterocycles. The van der Waals surface area contributed by atoms with Gasteiger partial charge in [-0.2, -0.15) is 21.6 Å². The highest BCUT2D eigenvalue weighted by atomic mass is 32.2. The maximum Gasteiger partial charge on any atom is 0.422 e. The summed E-state index contributed by atoms with van der Waals surface area (Å²) >= 11 is 0. The third-order valence-electron chi connectivity index (χ3n) is 3.33. The molecule has 0 fully saturated rings. The molecule has 0 bridgehead atoms. The van der Waals surface area contributed by atoms with E-state index in [1.54, 1.807) is 25.5 Å². The molecule has 162 valence electrons. The number of rotatable bonds is 6. The quantitative estimate of drug-likeness (QED) is 0.411. The molecule has 29 heavy (non-hydrogen) atoms. The third-order valence-corrected chi connectivity index (χ3v) is 5.64. The molecule has 0 unspecified atom stereocenters. The van der Waals surface area contributed by atoms with Crippen LogP contribution in [0.5, 0.6) is 5.75 Å². The van der Waals surface area contributed by atoms with Crippen LogP contribution in [-0.2, 0) is 31.6 Å². The predicted octanol–water partition coefficient (Wildman–Crippen LogP) is 0.305. The maximum absolute atomic E-state index is 11.8. The van der Waals surface area contributed by atoms with Crippen molar-refractivity contribution in [1.29, 1.82) is 0 Å². The first-order chi connectivity index (χ1) is 13.2. The van der Waals surface area contributed by atoms with Gasteiger partial charge >= 0.3 is 26.5 Å². The van der Waals surface area contributed by atoms with Gasteiger partial charge in [-0.05, 0) is 44.9 Å². The Hall–Kier alpha value is -2.71. The van der Waals surface area contributed by atoms with Crippen LogP contribution < -0.4 is 18.5 Å². The van der Waals surface area contributed by atoms with E-state index in [-0.39, 0.29) is 18.7 Å². The number of ether oxygens (including phenoxy) is 1. The standard InChI is InChI=1S/C15H22N4O8S2/c1-15(2,3)27-14(22)18-28(23,24)16-7-6-10-4-5-11(12(20)8-10)19-9-13(21)17-29(19,25)26/h4-5,8-9,16-17,20-21H,6-7H2,1-3H3,(H,18,22). The third kappa shape index (κ3) is 6.40. The van der Waals surface area contributed by atoms with E-state index in [1.165, 1.54) is 18.2 Å². The molecule has 0 saturated carbocycles. The Morgan fingerprint density at radius 1 is 1.28 bits per heavy atom. The van der Waals surface area contributed by atoms with Gasteiger partial charge in [-0.15, -0.1) is 0 Å². The zero-order chi connectivity index (χ0) is 22.0. The number of amides is 1. The van der Waals surface area contributed by atoms with Gasteiger partial charge in [0.15, 0.2) is 0 Å². The van der Waals surface area contributed by atoms with Crippen LogP contribution in [0.25, 0.3) is 0 Å². The van der Waals surface area contributed by atoms with E-state index in [0.717, 1.165) is 6.20 Å². The van der Waals surface area contributed by atoms with Crippen LogP contribution in [0.4, 0.5) is 10.5 Å². The van der Waals surface area contributed by atoms with Crippen molar-refractivity contribution in [3.63, 3.8) is 0 Å². The lowest BCUT2D eigenvalue weighted by Crippen LogP contribution is -2.43. The van der Waals surface area contributed by atoms with Crippen molar-refractivity contribution in [2.75, 3.05) is 10.8 Å². The number of phenolic OH excluding ortho intramolecular Hbond substituents is 1. The van der Waals surface area contributed by atoms with Crippen LogP contribution in [-0.4, -0.2) is 45.3 Å². The van der Waals surface area contributed by atoms with Crippen LogP contribution in [0.2, 0.25) is 0 Å². The largest absolute Gasteiger partial charge is 0.506 e. The summed E-state index contributed by atoms with van der Waals surface area (Å²) in [6.45, 7) is 4.65. The highest BCUT2D eigenvalue weighted by Crippen LogP contribution is 2.32. The maximum atomic E-state index is 11.8. The van der Waals surface area contributed by atoms with Crippen molar-refractivity contribution in [2.24, 2.45) is 0 Å². The molecule has 12 nitrogen and oxygen atoms in total. The van der Waals surface area contributed by atoms with Crippen molar-refractivity contribution < 1.29 is 36.6 Å². The zero-order valence-corrected chi connectivity index (χ0v) is 17.5. The van der Waals surface area contributed by atoms with Gasteiger partial charge in [0.2, 0.25) is 5.88 Å². The van der Waals surface area contributed by atoms with Gasteiger partial charge in [-0.25, -0.2) is 18.5 Å². The molecule has 1 aliphatic rings. The average Bonchev–Trinajstić information content (AvgIpc) is 2.77. The van der Waals surface area contributed by atoms with Crippen LogP contribution in [0.1, 0.15) is 26.3 Å². The first-order valence-electron chi connectivity index (χ1n) is 8.24.